The van der Waals surface area contributed by atoms with Crippen molar-refractivity contribution < 1.29 is 17.9 Å². The Hall–Kier alpha value is -2.28. The molecule has 0 bridgehead atoms. The van der Waals surface area contributed by atoms with Crippen LogP contribution in [0, 0.1) is 6.92 Å². The summed E-state index contributed by atoms with van der Waals surface area (Å²) in [7, 11) is -2.23. The standard InChI is InChI=1S/C16H18N2O4S/c1-11-4-6-15-14(8-11)18(10-12(2)22-15)23(19,20)13-5-7-16(21-3)17-9-13/h4-9,12H,10H2,1-3H3/t12-/m1/s1. The molecular weight excluding hydrogens is 316 g/mol. The van der Waals surface area contributed by atoms with E-state index in [2.05, 4.69) is 4.98 Å². The summed E-state index contributed by atoms with van der Waals surface area (Å²) in [5.74, 6) is 0.940. The molecule has 1 aromatic heterocycles. The largest absolute Gasteiger partial charge is 0.487 e. The number of hydrogen-bond donors (Lipinski definition) is 0. The fourth-order valence-electron chi connectivity index (χ4n) is 2.50. The first kappa shape index (κ1) is 15.6. The van der Waals surface area contributed by atoms with E-state index in [-0.39, 0.29) is 17.5 Å². The zero-order valence-corrected chi connectivity index (χ0v) is 14.0. The first-order valence-corrected chi connectivity index (χ1v) is 8.66. The molecule has 0 saturated heterocycles. The number of methoxy groups -OCH3 is 1. The minimum atomic E-state index is -3.71. The fourth-order valence-corrected chi connectivity index (χ4v) is 3.99. The minimum Gasteiger partial charge on any atom is -0.487 e. The Labute approximate surface area is 135 Å². The molecule has 1 atom stereocenters. The summed E-state index contributed by atoms with van der Waals surface area (Å²) in [5, 5.41) is 0. The molecule has 0 radical (unpaired) electrons. The summed E-state index contributed by atoms with van der Waals surface area (Å²) in [6.45, 7) is 4.01. The van der Waals surface area contributed by atoms with Gasteiger partial charge in [-0.2, -0.15) is 0 Å². The lowest BCUT2D eigenvalue weighted by Gasteiger charge is -2.34. The second-order valence-electron chi connectivity index (χ2n) is 5.47. The molecule has 1 aliphatic heterocycles. The maximum Gasteiger partial charge on any atom is 0.266 e. The molecule has 3 rings (SSSR count). The number of benzene rings is 1. The van der Waals surface area contributed by atoms with Gasteiger partial charge in [0, 0.05) is 6.07 Å². The summed E-state index contributed by atoms with van der Waals surface area (Å²) < 4.78 is 38.1. The number of anilines is 1. The van der Waals surface area contributed by atoms with Crippen molar-refractivity contribution in [3.8, 4) is 11.6 Å². The molecule has 1 aliphatic rings. The number of aromatic nitrogens is 1. The van der Waals surface area contributed by atoms with E-state index in [1.165, 1.54) is 29.7 Å². The number of pyridine rings is 1. The smallest absolute Gasteiger partial charge is 0.266 e. The summed E-state index contributed by atoms with van der Waals surface area (Å²) in [4.78, 5) is 4.12. The molecule has 0 unspecified atom stereocenters. The molecule has 0 saturated carbocycles. The second kappa shape index (κ2) is 5.73. The predicted octanol–water partition coefficient (Wildman–Crippen LogP) is 2.37. The molecule has 6 nitrogen and oxygen atoms in total. The van der Waals surface area contributed by atoms with Gasteiger partial charge in [0.2, 0.25) is 5.88 Å². The summed E-state index contributed by atoms with van der Waals surface area (Å²) in [6, 6.07) is 8.55. The first-order chi connectivity index (χ1) is 10.9. The number of ether oxygens (including phenoxy) is 2. The maximum atomic E-state index is 13.0. The van der Waals surface area contributed by atoms with Crippen LogP contribution in [0.3, 0.4) is 0 Å². The van der Waals surface area contributed by atoms with E-state index in [1.807, 2.05) is 26.0 Å². The molecule has 23 heavy (non-hydrogen) atoms. The van der Waals surface area contributed by atoms with Crippen LogP contribution < -0.4 is 13.8 Å². The van der Waals surface area contributed by atoms with Gasteiger partial charge < -0.3 is 9.47 Å². The van der Waals surface area contributed by atoms with Gasteiger partial charge in [0.25, 0.3) is 10.0 Å². The molecule has 122 valence electrons. The van der Waals surface area contributed by atoms with Crippen molar-refractivity contribution in [1.29, 1.82) is 0 Å². The van der Waals surface area contributed by atoms with Crippen molar-refractivity contribution in [2.45, 2.75) is 24.8 Å². The normalized spacial score (nSPS) is 17.3. The number of aryl methyl sites for hydroxylation is 1. The van der Waals surface area contributed by atoms with E-state index < -0.39 is 10.0 Å². The van der Waals surface area contributed by atoms with Gasteiger partial charge in [-0.15, -0.1) is 0 Å². The third kappa shape index (κ3) is 2.84. The quantitative estimate of drug-likeness (QED) is 0.862. The summed E-state index contributed by atoms with van der Waals surface area (Å²) in [6.07, 6.45) is 1.08. The third-order valence-corrected chi connectivity index (χ3v) is 5.40. The van der Waals surface area contributed by atoms with Gasteiger partial charge in [-0.05, 0) is 37.6 Å². The van der Waals surface area contributed by atoms with E-state index in [4.69, 9.17) is 9.47 Å². The number of nitrogens with zero attached hydrogens (tertiary/aromatic N) is 2. The number of hydrogen-bond acceptors (Lipinski definition) is 5. The van der Waals surface area contributed by atoms with Crippen LogP contribution in [0.1, 0.15) is 12.5 Å². The molecule has 0 fully saturated rings. The lowest BCUT2D eigenvalue weighted by atomic mass is 10.2. The van der Waals surface area contributed by atoms with Crippen LogP contribution in [0.15, 0.2) is 41.4 Å². The Morgan fingerprint density at radius 1 is 1.30 bits per heavy atom. The van der Waals surface area contributed by atoms with Crippen LogP contribution in [0.4, 0.5) is 5.69 Å². The van der Waals surface area contributed by atoms with E-state index >= 15 is 0 Å². The van der Waals surface area contributed by atoms with Gasteiger partial charge >= 0.3 is 0 Å². The number of sulfonamides is 1. The number of fused-ring (bicyclic) bond motifs is 1. The Morgan fingerprint density at radius 3 is 2.74 bits per heavy atom. The SMILES string of the molecule is COc1ccc(S(=O)(=O)N2C[C@@H](C)Oc3ccc(C)cc32)cn1. The monoisotopic (exact) mass is 334 g/mol. The van der Waals surface area contributed by atoms with Crippen LogP contribution in [0.5, 0.6) is 11.6 Å². The van der Waals surface area contributed by atoms with Crippen LogP contribution in [0.2, 0.25) is 0 Å². The van der Waals surface area contributed by atoms with Gasteiger partial charge in [0.1, 0.15) is 16.7 Å². The Balaban J connectivity index is 2.07. The summed E-state index contributed by atoms with van der Waals surface area (Å²) >= 11 is 0. The average Bonchev–Trinajstić information content (AvgIpc) is 2.54. The van der Waals surface area contributed by atoms with Gasteiger partial charge in [0.05, 0.1) is 25.5 Å². The zero-order valence-electron chi connectivity index (χ0n) is 13.2. The topological polar surface area (TPSA) is 68.7 Å². The lowest BCUT2D eigenvalue weighted by molar-refractivity contribution is 0.219. The molecule has 0 aliphatic carbocycles. The lowest BCUT2D eigenvalue weighted by Crippen LogP contribution is -2.42. The van der Waals surface area contributed by atoms with Gasteiger partial charge in [0.15, 0.2) is 0 Å². The van der Waals surface area contributed by atoms with Crippen LogP contribution >= 0.6 is 0 Å². The van der Waals surface area contributed by atoms with Crippen molar-refractivity contribution in [3.05, 3.63) is 42.1 Å². The van der Waals surface area contributed by atoms with Gasteiger partial charge in [-0.25, -0.2) is 13.4 Å². The van der Waals surface area contributed by atoms with E-state index in [0.29, 0.717) is 17.3 Å². The van der Waals surface area contributed by atoms with E-state index in [9.17, 15) is 8.42 Å². The molecule has 0 amide bonds. The molecule has 7 heteroatoms. The van der Waals surface area contributed by atoms with Crippen molar-refractivity contribution >= 4 is 15.7 Å². The predicted molar refractivity (Wildman–Crippen MR) is 86.6 cm³/mol. The van der Waals surface area contributed by atoms with Gasteiger partial charge in [-0.1, -0.05) is 6.07 Å². The molecule has 2 heterocycles. The van der Waals surface area contributed by atoms with E-state index in [1.54, 1.807) is 6.07 Å². The van der Waals surface area contributed by atoms with Crippen LogP contribution in [-0.2, 0) is 10.0 Å². The highest BCUT2D eigenvalue weighted by molar-refractivity contribution is 7.92. The van der Waals surface area contributed by atoms with Crippen molar-refractivity contribution in [1.82, 2.24) is 4.98 Å². The third-order valence-electron chi connectivity index (χ3n) is 3.64. The molecule has 0 spiro atoms. The molecule has 1 aromatic carbocycles. The van der Waals surface area contributed by atoms with Crippen LogP contribution in [0.25, 0.3) is 0 Å². The Morgan fingerprint density at radius 2 is 2.09 bits per heavy atom. The fraction of sp³-hybridized carbons (Fsp3) is 0.312. The number of rotatable bonds is 3. The first-order valence-electron chi connectivity index (χ1n) is 7.22. The zero-order chi connectivity index (χ0) is 16.6. The maximum absolute atomic E-state index is 13.0. The summed E-state index contributed by atoms with van der Waals surface area (Å²) in [5.41, 5.74) is 1.52. The Bertz CT molecular complexity index is 818. The van der Waals surface area contributed by atoms with Crippen molar-refractivity contribution in [2.75, 3.05) is 18.0 Å². The molecule has 2 aromatic rings. The minimum absolute atomic E-state index is 0.125. The molecule has 0 N–H and O–H groups in total. The highest BCUT2D eigenvalue weighted by atomic mass is 32.2. The highest BCUT2D eigenvalue weighted by Gasteiger charge is 2.33. The second-order valence-corrected chi connectivity index (χ2v) is 7.33. The van der Waals surface area contributed by atoms with Gasteiger partial charge in [-0.3, -0.25) is 4.31 Å². The van der Waals surface area contributed by atoms with Crippen LogP contribution in [-0.4, -0.2) is 33.2 Å². The average molecular weight is 334 g/mol. The van der Waals surface area contributed by atoms with Crippen molar-refractivity contribution in [3.63, 3.8) is 0 Å². The van der Waals surface area contributed by atoms with Crippen molar-refractivity contribution in [2.24, 2.45) is 0 Å². The van der Waals surface area contributed by atoms with E-state index in [0.717, 1.165) is 5.56 Å². The highest BCUT2D eigenvalue weighted by Crippen LogP contribution is 2.37. The Kier molecular flexibility index (Phi) is 3.89. The molecular formula is C16H18N2O4S.